The SMILES string of the molecule is CCC(CC)C(N)Cc1cc(Br)ccc1OC. The molecule has 0 aromatic heterocycles. The highest BCUT2D eigenvalue weighted by Crippen LogP contribution is 2.26. The first-order chi connectivity index (χ1) is 8.12. The van der Waals surface area contributed by atoms with Gasteiger partial charge < -0.3 is 10.5 Å². The van der Waals surface area contributed by atoms with Crippen LogP contribution in [0.15, 0.2) is 22.7 Å². The van der Waals surface area contributed by atoms with E-state index in [9.17, 15) is 0 Å². The van der Waals surface area contributed by atoms with Crippen LogP contribution in [0.5, 0.6) is 5.75 Å². The molecule has 0 aliphatic heterocycles. The molecule has 2 nitrogen and oxygen atoms in total. The smallest absolute Gasteiger partial charge is 0.122 e. The predicted octanol–water partition coefficient (Wildman–Crippen LogP) is 3.76. The number of methoxy groups -OCH3 is 1. The Morgan fingerprint density at radius 2 is 1.94 bits per heavy atom. The quantitative estimate of drug-likeness (QED) is 0.868. The van der Waals surface area contributed by atoms with Crippen LogP contribution in [0.2, 0.25) is 0 Å². The first-order valence-electron chi connectivity index (χ1n) is 6.20. The van der Waals surface area contributed by atoms with Crippen molar-refractivity contribution in [1.82, 2.24) is 0 Å². The van der Waals surface area contributed by atoms with Gasteiger partial charge in [0.25, 0.3) is 0 Å². The maximum Gasteiger partial charge on any atom is 0.122 e. The normalized spacial score (nSPS) is 12.8. The van der Waals surface area contributed by atoms with Crippen LogP contribution in [-0.2, 0) is 6.42 Å². The summed E-state index contributed by atoms with van der Waals surface area (Å²) < 4.78 is 6.45. The molecule has 0 spiro atoms. The van der Waals surface area contributed by atoms with Crippen LogP contribution in [0.3, 0.4) is 0 Å². The van der Waals surface area contributed by atoms with Gasteiger partial charge in [-0.15, -0.1) is 0 Å². The van der Waals surface area contributed by atoms with Crippen LogP contribution in [0.4, 0.5) is 0 Å². The molecule has 0 aliphatic carbocycles. The van der Waals surface area contributed by atoms with Crippen LogP contribution < -0.4 is 10.5 Å². The molecule has 1 atom stereocenters. The summed E-state index contributed by atoms with van der Waals surface area (Å²) in [5.74, 6) is 1.51. The van der Waals surface area contributed by atoms with Gasteiger partial charge in [0.15, 0.2) is 0 Å². The number of hydrogen-bond donors (Lipinski definition) is 1. The van der Waals surface area contributed by atoms with Gasteiger partial charge in [-0.2, -0.15) is 0 Å². The number of nitrogens with two attached hydrogens (primary N) is 1. The van der Waals surface area contributed by atoms with Crippen molar-refractivity contribution in [3.63, 3.8) is 0 Å². The first kappa shape index (κ1) is 14.5. The molecule has 2 N–H and O–H groups in total. The molecule has 1 aromatic rings. The second-order valence-electron chi connectivity index (χ2n) is 4.40. The molecule has 0 heterocycles. The molecule has 0 bridgehead atoms. The molecule has 1 unspecified atom stereocenters. The Labute approximate surface area is 113 Å². The van der Waals surface area contributed by atoms with E-state index in [2.05, 4.69) is 35.8 Å². The van der Waals surface area contributed by atoms with E-state index in [0.717, 1.165) is 29.5 Å². The van der Waals surface area contributed by atoms with Crippen LogP contribution in [0, 0.1) is 5.92 Å². The maximum absolute atomic E-state index is 6.27. The van der Waals surface area contributed by atoms with Crippen molar-refractivity contribution >= 4 is 15.9 Å². The summed E-state index contributed by atoms with van der Waals surface area (Å²) in [5.41, 5.74) is 7.46. The number of benzene rings is 1. The fourth-order valence-electron chi connectivity index (χ4n) is 2.22. The summed E-state index contributed by atoms with van der Waals surface area (Å²) in [6, 6.07) is 6.28. The molecule has 17 heavy (non-hydrogen) atoms. The number of halogens is 1. The molecule has 1 aromatic carbocycles. The van der Waals surface area contributed by atoms with Crippen molar-refractivity contribution in [3.05, 3.63) is 28.2 Å². The minimum atomic E-state index is 0.202. The fraction of sp³-hybridized carbons (Fsp3) is 0.571. The molecular weight excluding hydrogens is 278 g/mol. The summed E-state index contributed by atoms with van der Waals surface area (Å²) in [7, 11) is 1.70. The molecule has 0 fully saturated rings. The van der Waals surface area contributed by atoms with Gasteiger partial charge in [0.2, 0.25) is 0 Å². The molecule has 3 heteroatoms. The van der Waals surface area contributed by atoms with E-state index in [1.807, 2.05) is 12.1 Å². The zero-order valence-electron chi connectivity index (χ0n) is 10.9. The van der Waals surface area contributed by atoms with E-state index in [1.54, 1.807) is 7.11 Å². The van der Waals surface area contributed by atoms with Gasteiger partial charge >= 0.3 is 0 Å². The third kappa shape index (κ3) is 4.00. The second-order valence-corrected chi connectivity index (χ2v) is 5.32. The van der Waals surface area contributed by atoms with E-state index in [1.165, 1.54) is 5.56 Å². The van der Waals surface area contributed by atoms with Crippen molar-refractivity contribution in [1.29, 1.82) is 0 Å². The Morgan fingerprint density at radius 3 is 2.47 bits per heavy atom. The Bertz CT molecular complexity index is 350. The van der Waals surface area contributed by atoms with Crippen LogP contribution in [0.1, 0.15) is 32.3 Å². The summed E-state index contributed by atoms with van der Waals surface area (Å²) in [5, 5.41) is 0. The van der Waals surface area contributed by atoms with Crippen LogP contribution in [-0.4, -0.2) is 13.2 Å². The fourth-order valence-corrected chi connectivity index (χ4v) is 2.63. The van der Waals surface area contributed by atoms with Gasteiger partial charge in [-0.1, -0.05) is 42.6 Å². The van der Waals surface area contributed by atoms with Gasteiger partial charge in [0.1, 0.15) is 5.75 Å². The monoisotopic (exact) mass is 299 g/mol. The highest BCUT2D eigenvalue weighted by Gasteiger charge is 2.16. The highest BCUT2D eigenvalue weighted by molar-refractivity contribution is 9.10. The molecule has 0 amide bonds. The van der Waals surface area contributed by atoms with E-state index in [0.29, 0.717) is 5.92 Å². The summed E-state index contributed by atoms with van der Waals surface area (Å²) in [6.07, 6.45) is 3.14. The molecule has 0 saturated heterocycles. The Kier molecular flexibility index (Phi) is 6.00. The minimum absolute atomic E-state index is 0.202. The number of ether oxygens (including phenoxy) is 1. The predicted molar refractivity (Wildman–Crippen MR) is 76.4 cm³/mol. The van der Waals surface area contributed by atoms with Crippen molar-refractivity contribution < 1.29 is 4.74 Å². The van der Waals surface area contributed by atoms with Crippen molar-refractivity contribution in [2.75, 3.05) is 7.11 Å². The summed E-state index contributed by atoms with van der Waals surface area (Å²) >= 11 is 3.49. The Balaban J connectivity index is 2.82. The largest absolute Gasteiger partial charge is 0.496 e. The molecule has 0 aliphatic rings. The molecule has 0 radical (unpaired) electrons. The zero-order valence-corrected chi connectivity index (χ0v) is 12.5. The van der Waals surface area contributed by atoms with E-state index >= 15 is 0 Å². The topological polar surface area (TPSA) is 35.2 Å². The van der Waals surface area contributed by atoms with Gasteiger partial charge in [-0.25, -0.2) is 0 Å². The lowest BCUT2D eigenvalue weighted by Crippen LogP contribution is -2.31. The van der Waals surface area contributed by atoms with Gasteiger partial charge in [-0.05, 0) is 36.1 Å². The number of hydrogen-bond acceptors (Lipinski definition) is 2. The first-order valence-corrected chi connectivity index (χ1v) is 6.99. The van der Waals surface area contributed by atoms with E-state index in [-0.39, 0.29) is 6.04 Å². The maximum atomic E-state index is 6.27. The average Bonchev–Trinajstić information content (AvgIpc) is 2.31. The lowest BCUT2D eigenvalue weighted by Gasteiger charge is -2.22. The van der Waals surface area contributed by atoms with Crippen LogP contribution in [0.25, 0.3) is 0 Å². The highest BCUT2D eigenvalue weighted by atomic mass is 79.9. The third-order valence-corrected chi connectivity index (χ3v) is 3.85. The molecule has 1 rings (SSSR count). The van der Waals surface area contributed by atoms with Crippen LogP contribution >= 0.6 is 15.9 Å². The third-order valence-electron chi connectivity index (χ3n) is 3.35. The minimum Gasteiger partial charge on any atom is -0.496 e. The summed E-state index contributed by atoms with van der Waals surface area (Å²) in [4.78, 5) is 0. The zero-order chi connectivity index (χ0) is 12.8. The lowest BCUT2D eigenvalue weighted by molar-refractivity contribution is 0.378. The van der Waals surface area contributed by atoms with Crippen molar-refractivity contribution in [3.8, 4) is 5.75 Å². The Hall–Kier alpha value is -0.540. The van der Waals surface area contributed by atoms with E-state index < -0.39 is 0 Å². The second kappa shape index (κ2) is 7.02. The molecule has 0 saturated carbocycles. The lowest BCUT2D eigenvalue weighted by atomic mass is 9.90. The molecule has 96 valence electrons. The van der Waals surface area contributed by atoms with Gasteiger partial charge in [0.05, 0.1) is 7.11 Å². The van der Waals surface area contributed by atoms with Crippen molar-refractivity contribution in [2.24, 2.45) is 11.7 Å². The van der Waals surface area contributed by atoms with E-state index in [4.69, 9.17) is 10.5 Å². The Morgan fingerprint density at radius 1 is 1.29 bits per heavy atom. The number of rotatable bonds is 6. The van der Waals surface area contributed by atoms with Gasteiger partial charge in [0, 0.05) is 10.5 Å². The average molecular weight is 300 g/mol. The standard InChI is InChI=1S/C14H22BrNO/c1-4-10(5-2)13(16)9-11-8-12(15)6-7-14(11)17-3/h6-8,10,13H,4-5,9,16H2,1-3H3. The van der Waals surface area contributed by atoms with Gasteiger partial charge in [-0.3, -0.25) is 0 Å². The molecular formula is C14H22BrNO. The summed E-state index contributed by atoms with van der Waals surface area (Å²) in [6.45, 7) is 4.40. The van der Waals surface area contributed by atoms with Crippen molar-refractivity contribution in [2.45, 2.75) is 39.2 Å².